The first-order chi connectivity index (χ1) is 8.56. The number of benzene rings is 1. The highest BCUT2D eigenvalue weighted by Crippen LogP contribution is 2.29. The summed E-state index contributed by atoms with van der Waals surface area (Å²) in [6, 6.07) is 4.99. The van der Waals surface area contributed by atoms with Gasteiger partial charge in [-0.3, -0.25) is 4.79 Å². The fourth-order valence-electron chi connectivity index (χ4n) is 1.34. The van der Waals surface area contributed by atoms with Crippen LogP contribution in [-0.4, -0.2) is 16.0 Å². The average molecular weight is 286 g/mol. The van der Waals surface area contributed by atoms with E-state index in [1.807, 2.05) is 0 Å². The van der Waals surface area contributed by atoms with Crippen molar-refractivity contribution in [1.29, 1.82) is 0 Å². The first-order valence-corrected chi connectivity index (χ1v) is 5.85. The number of nitrogens with zero attached hydrogens (tertiary/aromatic N) is 2. The van der Waals surface area contributed by atoms with Crippen molar-refractivity contribution >= 4 is 34.8 Å². The van der Waals surface area contributed by atoms with Crippen LogP contribution in [-0.2, 0) is 11.2 Å². The van der Waals surface area contributed by atoms with Crippen LogP contribution in [0.15, 0.2) is 22.7 Å². The molecular formula is C11H9Cl2N3O2. The minimum atomic E-state index is -0.303. The van der Waals surface area contributed by atoms with Gasteiger partial charge in [-0.05, 0) is 19.1 Å². The van der Waals surface area contributed by atoms with E-state index >= 15 is 0 Å². The van der Waals surface area contributed by atoms with Gasteiger partial charge in [-0.15, -0.1) is 0 Å². The van der Waals surface area contributed by atoms with Crippen LogP contribution in [0.4, 0.5) is 5.69 Å². The Morgan fingerprint density at radius 1 is 1.44 bits per heavy atom. The van der Waals surface area contributed by atoms with Gasteiger partial charge in [0, 0.05) is 0 Å². The second-order valence-electron chi connectivity index (χ2n) is 3.56. The molecule has 7 heteroatoms. The molecule has 0 saturated carbocycles. The summed E-state index contributed by atoms with van der Waals surface area (Å²) < 4.78 is 4.85. The number of nitrogens with one attached hydrogen (secondary N) is 1. The Morgan fingerprint density at radius 2 is 2.22 bits per heavy atom. The van der Waals surface area contributed by atoms with Gasteiger partial charge >= 0.3 is 0 Å². The first-order valence-electron chi connectivity index (χ1n) is 5.09. The fourth-order valence-corrected chi connectivity index (χ4v) is 1.69. The Labute approximate surface area is 113 Å². The third kappa shape index (κ3) is 3.00. The predicted molar refractivity (Wildman–Crippen MR) is 67.8 cm³/mol. The van der Waals surface area contributed by atoms with Crippen LogP contribution in [0.25, 0.3) is 0 Å². The minimum Gasteiger partial charge on any atom is -0.339 e. The standard InChI is InChI=1S/C11H9Cl2N3O2/c1-6-14-10(18-16-6)5-9(17)15-8-4-2-3-7(12)11(8)13/h2-4H,5H2,1H3,(H,15,17). The number of hydrogen-bond acceptors (Lipinski definition) is 4. The molecule has 2 rings (SSSR count). The van der Waals surface area contributed by atoms with Crippen LogP contribution in [0, 0.1) is 6.92 Å². The normalized spacial score (nSPS) is 10.4. The second-order valence-corrected chi connectivity index (χ2v) is 4.35. The largest absolute Gasteiger partial charge is 0.339 e. The fraction of sp³-hybridized carbons (Fsp3) is 0.182. The molecule has 0 aliphatic heterocycles. The van der Waals surface area contributed by atoms with E-state index in [9.17, 15) is 4.79 Å². The molecule has 1 aromatic carbocycles. The molecule has 0 aliphatic carbocycles. The summed E-state index contributed by atoms with van der Waals surface area (Å²) in [5.41, 5.74) is 0.449. The molecule has 2 aromatic rings. The van der Waals surface area contributed by atoms with Gasteiger partial charge in [-0.1, -0.05) is 34.4 Å². The summed E-state index contributed by atoms with van der Waals surface area (Å²) >= 11 is 11.8. The predicted octanol–water partition coefficient (Wildman–Crippen LogP) is 2.87. The molecule has 5 nitrogen and oxygen atoms in total. The van der Waals surface area contributed by atoms with E-state index < -0.39 is 0 Å². The van der Waals surface area contributed by atoms with Crippen molar-refractivity contribution in [2.75, 3.05) is 5.32 Å². The summed E-state index contributed by atoms with van der Waals surface area (Å²) in [5.74, 6) is 0.435. The summed E-state index contributed by atoms with van der Waals surface area (Å²) in [7, 11) is 0. The van der Waals surface area contributed by atoms with Crippen molar-refractivity contribution < 1.29 is 9.32 Å². The van der Waals surface area contributed by atoms with Gasteiger partial charge in [0.15, 0.2) is 5.82 Å². The Bertz CT molecular complexity index is 583. The summed E-state index contributed by atoms with van der Waals surface area (Å²) in [6.45, 7) is 1.68. The molecule has 0 radical (unpaired) electrons. The second kappa shape index (κ2) is 5.37. The van der Waals surface area contributed by atoms with Gasteiger partial charge in [-0.25, -0.2) is 0 Å². The van der Waals surface area contributed by atoms with Crippen molar-refractivity contribution in [2.24, 2.45) is 0 Å². The lowest BCUT2D eigenvalue weighted by molar-refractivity contribution is -0.115. The number of carbonyl (C=O) groups is 1. The molecule has 0 bridgehead atoms. The molecule has 1 N–H and O–H groups in total. The number of carbonyl (C=O) groups excluding carboxylic acids is 1. The van der Waals surface area contributed by atoms with E-state index in [1.165, 1.54) is 0 Å². The number of aromatic nitrogens is 2. The van der Waals surface area contributed by atoms with Crippen molar-refractivity contribution in [3.63, 3.8) is 0 Å². The maximum Gasteiger partial charge on any atom is 0.236 e. The van der Waals surface area contributed by atoms with Crippen molar-refractivity contribution in [1.82, 2.24) is 10.1 Å². The van der Waals surface area contributed by atoms with E-state index in [0.717, 1.165) is 0 Å². The summed E-state index contributed by atoms with van der Waals surface area (Å²) in [4.78, 5) is 15.6. The molecule has 0 unspecified atom stereocenters. The van der Waals surface area contributed by atoms with Crippen molar-refractivity contribution in [2.45, 2.75) is 13.3 Å². The van der Waals surface area contributed by atoms with Crippen molar-refractivity contribution in [3.05, 3.63) is 40.0 Å². The number of halogens is 2. The Hall–Kier alpha value is -1.59. The van der Waals surface area contributed by atoms with Crippen LogP contribution in [0.2, 0.25) is 10.0 Å². The Kier molecular flexibility index (Phi) is 3.84. The van der Waals surface area contributed by atoms with Crippen LogP contribution >= 0.6 is 23.2 Å². The van der Waals surface area contributed by atoms with Gasteiger partial charge in [-0.2, -0.15) is 4.98 Å². The van der Waals surface area contributed by atoms with E-state index in [-0.39, 0.29) is 18.2 Å². The SMILES string of the molecule is Cc1noc(CC(=O)Nc2cccc(Cl)c2Cl)n1. The summed E-state index contributed by atoms with van der Waals surface area (Å²) in [6.07, 6.45) is -0.0102. The molecular weight excluding hydrogens is 277 g/mol. The zero-order chi connectivity index (χ0) is 13.1. The molecule has 1 heterocycles. The first kappa shape index (κ1) is 12.9. The summed E-state index contributed by atoms with van der Waals surface area (Å²) in [5, 5.41) is 6.90. The molecule has 1 amide bonds. The van der Waals surface area contributed by atoms with Crippen molar-refractivity contribution in [3.8, 4) is 0 Å². The van der Waals surface area contributed by atoms with Crippen LogP contribution in [0.3, 0.4) is 0 Å². The van der Waals surface area contributed by atoms with Gasteiger partial charge in [0.05, 0.1) is 15.7 Å². The number of hydrogen-bond donors (Lipinski definition) is 1. The third-order valence-corrected chi connectivity index (χ3v) is 2.93. The maximum absolute atomic E-state index is 11.7. The highest BCUT2D eigenvalue weighted by atomic mass is 35.5. The lowest BCUT2D eigenvalue weighted by Crippen LogP contribution is -2.14. The highest BCUT2D eigenvalue weighted by molar-refractivity contribution is 6.43. The Balaban J connectivity index is 2.05. The Morgan fingerprint density at radius 3 is 2.89 bits per heavy atom. The maximum atomic E-state index is 11.7. The van der Waals surface area contributed by atoms with Gasteiger partial charge < -0.3 is 9.84 Å². The van der Waals surface area contributed by atoms with E-state index in [0.29, 0.717) is 21.6 Å². The van der Waals surface area contributed by atoms with Gasteiger partial charge in [0.2, 0.25) is 11.8 Å². The van der Waals surface area contributed by atoms with Crippen LogP contribution < -0.4 is 5.32 Å². The minimum absolute atomic E-state index is 0.0102. The molecule has 0 atom stereocenters. The topological polar surface area (TPSA) is 68.0 Å². The van der Waals surface area contributed by atoms with Crippen LogP contribution in [0.1, 0.15) is 11.7 Å². The third-order valence-electron chi connectivity index (χ3n) is 2.11. The lowest BCUT2D eigenvalue weighted by atomic mass is 10.3. The molecule has 0 spiro atoms. The van der Waals surface area contributed by atoms with E-state index in [1.54, 1.807) is 25.1 Å². The zero-order valence-corrected chi connectivity index (χ0v) is 10.9. The zero-order valence-electron chi connectivity index (χ0n) is 9.41. The quantitative estimate of drug-likeness (QED) is 0.942. The average Bonchev–Trinajstić information content (AvgIpc) is 2.70. The smallest absolute Gasteiger partial charge is 0.236 e. The number of rotatable bonds is 3. The molecule has 0 fully saturated rings. The molecule has 94 valence electrons. The number of amides is 1. The molecule has 0 saturated heterocycles. The number of aryl methyl sites for hydroxylation is 1. The molecule has 0 aliphatic rings. The molecule has 1 aromatic heterocycles. The highest BCUT2D eigenvalue weighted by Gasteiger charge is 2.12. The molecule has 18 heavy (non-hydrogen) atoms. The van der Waals surface area contributed by atoms with Gasteiger partial charge in [0.25, 0.3) is 0 Å². The lowest BCUT2D eigenvalue weighted by Gasteiger charge is -2.06. The van der Waals surface area contributed by atoms with E-state index in [4.69, 9.17) is 27.7 Å². The number of anilines is 1. The van der Waals surface area contributed by atoms with Gasteiger partial charge in [0.1, 0.15) is 6.42 Å². The van der Waals surface area contributed by atoms with E-state index in [2.05, 4.69) is 15.5 Å². The van der Waals surface area contributed by atoms with Crippen LogP contribution in [0.5, 0.6) is 0 Å². The monoisotopic (exact) mass is 285 g/mol.